The number of hydrogen-bond acceptors (Lipinski definition) is 6. The molecule has 114 valence electrons. The van der Waals surface area contributed by atoms with Crippen molar-refractivity contribution in [3.63, 3.8) is 0 Å². The predicted molar refractivity (Wildman–Crippen MR) is 82.5 cm³/mol. The number of aromatic nitrogens is 5. The van der Waals surface area contributed by atoms with Crippen LogP contribution >= 0.6 is 11.6 Å². The van der Waals surface area contributed by atoms with Crippen LogP contribution in [0.4, 0.5) is 0 Å². The first-order chi connectivity index (χ1) is 11.2. The molecular formula is C15H10ClN5O2. The van der Waals surface area contributed by atoms with Gasteiger partial charge in [-0.2, -0.15) is 9.61 Å². The Morgan fingerprint density at radius 2 is 2.00 bits per heavy atom. The monoisotopic (exact) mass is 327 g/mol. The van der Waals surface area contributed by atoms with E-state index in [1.807, 2.05) is 25.1 Å². The average molecular weight is 328 g/mol. The second kappa shape index (κ2) is 5.36. The van der Waals surface area contributed by atoms with Crippen molar-refractivity contribution in [1.29, 1.82) is 0 Å². The number of rotatable bonds is 3. The summed E-state index contributed by atoms with van der Waals surface area (Å²) < 4.78 is 12.6. The van der Waals surface area contributed by atoms with Crippen LogP contribution < -0.4 is 4.74 Å². The van der Waals surface area contributed by atoms with E-state index in [1.165, 1.54) is 6.39 Å². The predicted octanol–water partition coefficient (Wildman–Crippen LogP) is 3.53. The third-order valence-corrected chi connectivity index (χ3v) is 3.36. The van der Waals surface area contributed by atoms with E-state index >= 15 is 0 Å². The lowest BCUT2D eigenvalue weighted by molar-refractivity contribution is 0.445. The molecule has 0 amide bonds. The van der Waals surface area contributed by atoms with E-state index in [0.717, 1.165) is 11.3 Å². The lowest BCUT2D eigenvalue weighted by atomic mass is 10.2. The fourth-order valence-electron chi connectivity index (χ4n) is 2.19. The molecule has 4 rings (SSSR count). The lowest BCUT2D eigenvalue weighted by Gasteiger charge is -2.08. The van der Waals surface area contributed by atoms with Gasteiger partial charge in [-0.05, 0) is 31.2 Å². The van der Waals surface area contributed by atoms with Crippen LogP contribution in [0.5, 0.6) is 11.6 Å². The van der Waals surface area contributed by atoms with E-state index < -0.39 is 0 Å². The number of benzene rings is 1. The van der Waals surface area contributed by atoms with Gasteiger partial charge < -0.3 is 9.15 Å². The molecule has 3 heterocycles. The summed E-state index contributed by atoms with van der Waals surface area (Å²) in [7, 11) is 0. The van der Waals surface area contributed by atoms with Crippen molar-refractivity contribution >= 4 is 17.2 Å². The maximum Gasteiger partial charge on any atom is 0.247 e. The van der Waals surface area contributed by atoms with Crippen LogP contribution in [-0.2, 0) is 0 Å². The van der Waals surface area contributed by atoms with E-state index in [-0.39, 0.29) is 0 Å². The van der Waals surface area contributed by atoms with E-state index in [1.54, 1.807) is 22.7 Å². The SMILES string of the molecule is Cc1cc2nc(Cl)cc(Oc3ccc(-c4nnco4)cc3)n2n1. The molecule has 8 heteroatoms. The summed E-state index contributed by atoms with van der Waals surface area (Å²) in [4.78, 5) is 4.20. The van der Waals surface area contributed by atoms with Gasteiger partial charge in [-0.15, -0.1) is 10.2 Å². The van der Waals surface area contributed by atoms with Gasteiger partial charge in [0.1, 0.15) is 10.9 Å². The lowest BCUT2D eigenvalue weighted by Crippen LogP contribution is -1.97. The number of halogens is 1. The zero-order valence-corrected chi connectivity index (χ0v) is 12.7. The van der Waals surface area contributed by atoms with Gasteiger partial charge in [0, 0.05) is 17.7 Å². The van der Waals surface area contributed by atoms with Crippen LogP contribution in [-0.4, -0.2) is 24.8 Å². The van der Waals surface area contributed by atoms with Crippen molar-refractivity contribution in [2.45, 2.75) is 6.92 Å². The fraction of sp³-hybridized carbons (Fsp3) is 0.0667. The van der Waals surface area contributed by atoms with Crippen molar-refractivity contribution in [2.24, 2.45) is 0 Å². The van der Waals surface area contributed by atoms with Crippen molar-refractivity contribution in [2.75, 3.05) is 0 Å². The Balaban J connectivity index is 1.68. The molecule has 0 fully saturated rings. The summed E-state index contributed by atoms with van der Waals surface area (Å²) in [5, 5.41) is 12.2. The fourth-order valence-corrected chi connectivity index (χ4v) is 2.37. The molecule has 0 saturated carbocycles. The molecule has 3 aromatic heterocycles. The molecule has 0 spiro atoms. The molecular weight excluding hydrogens is 318 g/mol. The van der Waals surface area contributed by atoms with Crippen molar-refractivity contribution in [3.8, 4) is 23.1 Å². The number of hydrogen-bond donors (Lipinski definition) is 0. The van der Waals surface area contributed by atoms with Crippen molar-refractivity contribution in [1.82, 2.24) is 24.8 Å². The molecule has 0 aliphatic carbocycles. The maximum atomic E-state index is 6.03. The third kappa shape index (κ3) is 2.62. The Morgan fingerprint density at radius 1 is 1.17 bits per heavy atom. The Kier molecular flexibility index (Phi) is 3.20. The first-order valence-electron chi connectivity index (χ1n) is 6.76. The summed E-state index contributed by atoms with van der Waals surface area (Å²) in [6.45, 7) is 1.88. The second-order valence-corrected chi connectivity index (χ2v) is 5.23. The van der Waals surface area contributed by atoms with Crippen LogP contribution in [0.15, 0.2) is 47.2 Å². The molecule has 0 aliphatic heterocycles. The second-order valence-electron chi connectivity index (χ2n) is 4.84. The number of nitrogens with zero attached hydrogens (tertiary/aromatic N) is 5. The van der Waals surface area contributed by atoms with E-state index in [4.69, 9.17) is 20.8 Å². The molecule has 23 heavy (non-hydrogen) atoms. The third-order valence-electron chi connectivity index (χ3n) is 3.17. The van der Waals surface area contributed by atoms with Crippen LogP contribution in [0.25, 0.3) is 17.1 Å². The van der Waals surface area contributed by atoms with Gasteiger partial charge in [0.15, 0.2) is 5.65 Å². The van der Waals surface area contributed by atoms with Crippen LogP contribution in [0.3, 0.4) is 0 Å². The molecule has 1 aromatic carbocycles. The molecule has 0 saturated heterocycles. The summed E-state index contributed by atoms with van der Waals surface area (Å²) in [5.41, 5.74) is 2.27. The summed E-state index contributed by atoms with van der Waals surface area (Å²) in [6.07, 6.45) is 1.29. The zero-order chi connectivity index (χ0) is 15.8. The number of aryl methyl sites for hydroxylation is 1. The minimum atomic E-state index is 0.342. The largest absolute Gasteiger partial charge is 0.439 e. The van der Waals surface area contributed by atoms with E-state index in [2.05, 4.69) is 20.3 Å². The molecule has 0 aliphatic rings. The van der Waals surface area contributed by atoms with Crippen molar-refractivity contribution in [3.05, 3.63) is 53.6 Å². The van der Waals surface area contributed by atoms with E-state index in [0.29, 0.717) is 28.3 Å². The molecule has 0 bridgehead atoms. The Morgan fingerprint density at radius 3 is 2.74 bits per heavy atom. The first kappa shape index (κ1) is 13.7. The normalized spacial score (nSPS) is 11.0. The first-order valence-corrected chi connectivity index (χ1v) is 7.14. The topological polar surface area (TPSA) is 78.3 Å². The van der Waals surface area contributed by atoms with E-state index in [9.17, 15) is 0 Å². The van der Waals surface area contributed by atoms with Gasteiger partial charge in [-0.3, -0.25) is 0 Å². The van der Waals surface area contributed by atoms with Crippen LogP contribution in [0.1, 0.15) is 5.69 Å². The highest BCUT2D eigenvalue weighted by Gasteiger charge is 2.10. The van der Waals surface area contributed by atoms with Crippen LogP contribution in [0.2, 0.25) is 5.15 Å². The standard InChI is InChI=1S/C15H10ClN5O2/c1-9-6-13-18-12(16)7-14(21(13)20-9)23-11-4-2-10(3-5-11)15-19-17-8-22-15/h2-8H,1H3. The van der Waals surface area contributed by atoms with Gasteiger partial charge in [-0.1, -0.05) is 11.6 Å². The molecule has 0 atom stereocenters. The Hall–Kier alpha value is -2.93. The quantitative estimate of drug-likeness (QED) is 0.536. The highest BCUT2D eigenvalue weighted by molar-refractivity contribution is 6.29. The molecule has 0 N–H and O–H groups in total. The Bertz CT molecular complexity index is 964. The minimum Gasteiger partial charge on any atom is -0.439 e. The molecule has 4 aromatic rings. The number of ether oxygens (including phenoxy) is 1. The van der Waals surface area contributed by atoms with Crippen molar-refractivity contribution < 1.29 is 9.15 Å². The zero-order valence-electron chi connectivity index (χ0n) is 12.0. The molecule has 7 nitrogen and oxygen atoms in total. The molecule has 0 radical (unpaired) electrons. The maximum absolute atomic E-state index is 6.03. The summed E-state index contributed by atoms with van der Waals surface area (Å²) >= 11 is 6.03. The minimum absolute atomic E-state index is 0.342. The summed E-state index contributed by atoms with van der Waals surface area (Å²) in [6, 6.07) is 10.7. The highest BCUT2D eigenvalue weighted by Crippen LogP contribution is 2.26. The smallest absolute Gasteiger partial charge is 0.247 e. The van der Waals surface area contributed by atoms with Gasteiger partial charge in [0.05, 0.1) is 5.69 Å². The summed E-state index contributed by atoms with van der Waals surface area (Å²) in [5.74, 6) is 1.57. The number of fused-ring (bicyclic) bond motifs is 1. The van der Waals surface area contributed by atoms with Gasteiger partial charge >= 0.3 is 0 Å². The molecule has 0 unspecified atom stereocenters. The van der Waals surface area contributed by atoms with Gasteiger partial charge in [-0.25, -0.2) is 4.98 Å². The average Bonchev–Trinajstić information content (AvgIpc) is 3.17. The highest BCUT2D eigenvalue weighted by atomic mass is 35.5. The van der Waals surface area contributed by atoms with Crippen LogP contribution in [0, 0.1) is 6.92 Å². The van der Waals surface area contributed by atoms with Gasteiger partial charge in [0.25, 0.3) is 0 Å². The Labute approximate surface area is 135 Å². The van der Waals surface area contributed by atoms with Gasteiger partial charge in [0.2, 0.25) is 18.2 Å².